The standard InChI is InChI=1S/C15H27N3O4/c1-11(2)17-15(22)18-10-6-7-12(18)14(21)16-9-5-3-4-8-13(19)20/h11-12H,3-10H2,1-2H3,(H,16,21)(H,17,22)(H,19,20)/t12-/m0/s1. The second kappa shape index (κ2) is 9.27. The Morgan fingerprint density at radius 1 is 1.23 bits per heavy atom. The maximum atomic E-state index is 12.2. The number of rotatable bonds is 8. The number of hydrogen-bond acceptors (Lipinski definition) is 3. The van der Waals surface area contributed by atoms with Gasteiger partial charge in [0.2, 0.25) is 5.91 Å². The molecule has 0 aromatic heterocycles. The van der Waals surface area contributed by atoms with E-state index in [4.69, 9.17) is 5.11 Å². The first-order valence-electron chi connectivity index (χ1n) is 7.98. The molecule has 3 amide bonds. The van der Waals surface area contributed by atoms with Crippen molar-refractivity contribution in [2.45, 2.75) is 64.5 Å². The van der Waals surface area contributed by atoms with Gasteiger partial charge in [-0.3, -0.25) is 9.59 Å². The number of carbonyl (C=O) groups excluding carboxylic acids is 2. The van der Waals surface area contributed by atoms with Gasteiger partial charge in [-0.05, 0) is 39.5 Å². The molecule has 1 atom stereocenters. The highest BCUT2D eigenvalue weighted by Crippen LogP contribution is 2.17. The Labute approximate surface area is 131 Å². The molecule has 1 saturated heterocycles. The predicted octanol–water partition coefficient (Wildman–Crippen LogP) is 1.33. The van der Waals surface area contributed by atoms with Gasteiger partial charge in [0.15, 0.2) is 0 Å². The third-order valence-electron chi connectivity index (χ3n) is 3.60. The smallest absolute Gasteiger partial charge is 0.318 e. The van der Waals surface area contributed by atoms with E-state index in [0.717, 1.165) is 19.3 Å². The molecule has 0 spiro atoms. The number of hydrogen-bond donors (Lipinski definition) is 3. The van der Waals surface area contributed by atoms with Crippen molar-refractivity contribution >= 4 is 17.9 Å². The number of nitrogens with one attached hydrogen (secondary N) is 2. The molecule has 1 fully saturated rings. The molecule has 1 aliphatic heterocycles. The Hall–Kier alpha value is -1.79. The molecule has 0 aliphatic carbocycles. The highest BCUT2D eigenvalue weighted by atomic mass is 16.4. The van der Waals surface area contributed by atoms with Crippen molar-refractivity contribution in [2.75, 3.05) is 13.1 Å². The summed E-state index contributed by atoms with van der Waals surface area (Å²) in [5.41, 5.74) is 0. The number of carboxylic acids is 1. The fourth-order valence-electron chi connectivity index (χ4n) is 2.52. The van der Waals surface area contributed by atoms with Crippen LogP contribution in [-0.2, 0) is 9.59 Å². The van der Waals surface area contributed by atoms with Gasteiger partial charge in [-0.2, -0.15) is 0 Å². The van der Waals surface area contributed by atoms with E-state index in [1.54, 1.807) is 4.90 Å². The topological polar surface area (TPSA) is 98.7 Å². The second-order valence-corrected chi connectivity index (χ2v) is 5.95. The van der Waals surface area contributed by atoms with E-state index >= 15 is 0 Å². The molecule has 1 heterocycles. The van der Waals surface area contributed by atoms with Gasteiger partial charge in [0, 0.05) is 25.6 Å². The summed E-state index contributed by atoms with van der Waals surface area (Å²) >= 11 is 0. The highest BCUT2D eigenvalue weighted by molar-refractivity contribution is 5.87. The van der Waals surface area contributed by atoms with Crippen LogP contribution in [0.15, 0.2) is 0 Å². The molecule has 0 aromatic carbocycles. The van der Waals surface area contributed by atoms with Crippen LogP contribution in [0.5, 0.6) is 0 Å². The first-order valence-corrected chi connectivity index (χ1v) is 7.98. The minimum absolute atomic E-state index is 0.0473. The van der Waals surface area contributed by atoms with Gasteiger partial charge in [-0.1, -0.05) is 6.42 Å². The van der Waals surface area contributed by atoms with Gasteiger partial charge in [-0.25, -0.2) is 4.79 Å². The van der Waals surface area contributed by atoms with Crippen LogP contribution >= 0.6 is 0 Å². The number of urea groups is 1. The number of nitrogens with zero attached hydrogens (tertiary/aromatic N) is 1. The van der Waals surface area contributed by atoms with Crippen molar-refractivity contribution in [3.63, 3.8) is 0 Å². The molecule has 3 N–H and O–H groups in total. The van der Waals surface area contributed by atoms with E-state index in [1.807, 2.05) is 13.8 Å². The predicted molar refractivity (Wildman–Crippen MR) is 82.5 cm³/mol. The molecule has 7 nitrogen and oxygen atoms in total. The van der Waals surface area contributed by atoms with Crippen LogP contribution in [0.1, 0.15) is 52.4 Å². The van der Waals surface area contributed by atoms with Crippen molar-refractivity contribution in [1.29, 1.82) is 0 Å². The maximum absolute atomic E-state index is 12.2. The Morgan fingerprint density at radius 3 is 2.59 bits per heavy atom. The molecular weight excluding hydrogens is 286 g/mol. The molecule has 0 bridgehead atoms. The van der Waals surface area contributed by atoms with E-state index in [1.165, 1.54) is 0 Å². The zero-order chi connectivity index (χ0) is 16.5. The molecule has 22 heavy (non-hydrogen) atoms. The first kappa shape index (κ1) is 18.3. The highest BCUT2D eigenvalue weighted by Gasteiger charge is 2.33. The Kier molecular flexibility index (Phi) is 7.70. The Balaban J connectivity index is 2.28. The first-order chi connectivity index (χ1) is 10.4. The number of carboxylic acid groups (broad SMARTS) is 1. The minimum atomic E-state index is -0.790. The van der Waals surface area contributed by atoms with Gasteiger partial charge in [-0.15, -0.1) is 0 Å². The van der Waals surface area contributed by atoms with Gasteiger partial charge < -0.3 is 20.6 Å². The fourth-order valence-corrected chi connectivity index (χ4v) is 2.52. The van der Waals surface area contributed by atoms with Crippen LogP contribution in [0, 0.1) is 0 Å². The lowest BCUT2D eigenvalue weighted by atomic mass is 10.2. The van der Waals surface area contributed by atoms with E-state index in [9.17, 15) is 14.4 Å². The largest absolute Gasteiger partial charge is 0.481 e. The molecule has 0 radical (unpaired) electrons. The van der Waals surface area contributed by atoms with E-state index in [0.29, 0.717) is 25.9 Å². The lowest BCUT2D eigenvalue weighted by Gasteiger charge is -2.25. The summed E-state index contributed by atoms with van der Waals surface area (Å²) in [5, 5.41) is 14.2. The fraction of sp³-hybridized carbons (Fsp3) is 0.800. The van der Waals surface area contributed by atoms with E-state index in [2.05, 4.69) is 10.6 Å². The summed E-state index contributed by atoms with van der Waals surface area (Å²) in [6.45, 7) is 4.91. The average molecular weight is 313 g/mol. The molecule has 1 rings (SSSR count). The molecule has 126 valence electrons. The van der Waals surface area contributed by atoms with Crippen LogP contribution in [-0.4, -0.2) is 53.1 Å². The normalized spacial score (nSPS) is 17.6. The second-order valence-electron chi connectivity index (χ2n) is 5.95. The summed E-state index contributed by atoms with van der Waals surface area (Å²) < 4.78 is 0. The molecule has 0 unspecified atom stereocenters. The van der Waals surface area contributed by atoms with Crippen LogP contribution in [0.4, 0.5) is 4.79 Å². The van der Waals surface area contributed by atoms with Gasteiger partial charge in [0.1, 0.15) is 6.04 Å². The molecular formula is C15H27N3O4. The summed E-state index contributed by atoms with van der Waals surface area (Å²) in [4.78, 5) is 36.2. The van der Waals surface area contributed by atoms with Gasteiger partial charge in [0.25, 0.3) is 0 Å². The SMILES string of the molecule is CC(C)NC(=O)N1CCC[C@H]1C(=O)NCCCCCC(=O)O. The summed E-state index contributed by atoms with van der Waals surface area (Å²) in [5.74, 6) is -0.906. The third kappa shape index (κ3) is 6.32. The molecule has 0 saturated carbocycles. The minimum Gasteiger partial charge on any atom is -0.481 e. The number of carbonyl (C=O) groups is 3. The van der Waals surface area contributed by atoms with Crippen LogP contribution in [0.3, 0.4) is 0 Å². The number of amides is 3. The summed E-state index contributed by atoms with van der Waals surface area (Å²) in [7, 11) is 0. The molecule has 1 aliphatic rings. The average Bonchev–Trinajstić information content (AvgIpc) is 2.90. The van der Waals surface area contributed by atoms with Crippen molar-refractivity contribution in [2.24, 2.45) is 0 Å². The van der Waals surface area contributed by atoms with Crippen LogP contribution < -0.4 is 10.6 Å². The summed E-state index contributed by atoms with van der Waals surface area (Å²) in [6, 6.07) is -0.530. The van der Waals surface area contributed by atoms with Crippen molar-refractivity contribution < 1.29 is 19.5 Å². The van der Waals surface area contributed by atoms with E-state index in [-0.39, 0.29) is 24.4 Å². The monoisotopic (exact) mass is 313 g/mol. The van der Waals surface area contributed by atoms with Crippen molar-refractivity contribution in [3.8, 4) is 0 Å². The number of aliphatic carboxylic acids is 1. The Morgan fingerprint density at radius 2 is 1.95 bits per heavy atom. The Bertz CT molecular complexity index is 398. The van der Waals surface area contributed by atoms with Crippen molar-refractivity contribution in [1.82, 2.24) is 15.5 Å². The van der Waals surface area contributed by atoms with Gasteiger partial charge >= 0.3 is 12.0 Å². The zero-order valence-electron chi connectivity index (χ0n) is 13.4. The number of likely N-dealkylation sites (tertiary alicyclic amines) is 1. The molecule has 7 heteroatoms. The summed E-state index contributed by atoms with van der Waals surface area (Å²) in [6.07, 6.45) is 3.84. The zero-order valence-corrected chi connectivity index (χ0v) is 13.4. The van der Waals surface area contributed by atoms with Gasteiger partial charge in [0.05, 0.1) is 0 Å². The lowest BCUT2D eigenvalue weighted by Crippen LogP contribution is -2.50. The maximum Gasteiger partial charge on any atom is 0.318 e. The van der Waals surface area contributed by atoms with Crippen LogP contribution in [0.2, 0.25) is 0 Å². The molecule has 0 aromatic rings. The van der Waals surface area contributed by atoms with Crippen LogP contribution in [0.25, 0.3) is 0 Å². The van der Waals surface area contributed by atoms with Crippen molar-refractivity contribution in [3.05, 3.63) is 0 Å². The third-order valence-corrected chi connectivity index (χ3v) is 3.60. The number of unbranched alkanes of at least 4 members (excludes halogenated alkanes) is 2. The van der Waals surface area contributed by atoms with E-state index < -0.39 is 12.0 Å². The lowest BCUT2D eigenvalue weighted by molar-refractivity contribution is -0.137. The quantitative estimate of drug-likeness (QED) is 0.589.